The molecule has 0 unspecified atom stereocenters. The van der Waals surface area contributed by atoms with Crippen LogP contribution in [0, 0.1) is 13.8 Å². The third-order valence-corrected chi connectivity index (χ3v) is 5.14. The van der Waals surface area contributed by atoms with Gasteiger partial charge in [-0.05, 0) is 53.0 Å². The molecule has 0 radical (unpaired) electrons. The Kier molecular flexibility index (Phi) is 4.59. The maximum absolute atomic E-state index is 12.3. The molecule has 0 aliphatic rings. The number of nitrogens with one attached hydrogen (secondary N) is 1. The first-order chi connectivity index (χ1) is 11.0. The van der Waals surface area contributed by atoms with E-state index in [0.29, 0.717) is 10.7 Å². The van der Waals surface area contributed by atoms with Crippen LogP contribution in [0.2, 0.25) is 0 Å². The van der Waals surface area contributed by atoms with E-state index in [-0.39, 0.29) is 5.91 Å². The fourth-order valence-corrected chi connectivity index (χ4v) is 3.63. The van der Waals surface area contributed by atoms with Crippen molar-refractivity contribution in [3.05, 3.63) is 69.8 Å². The number of carbonyl (C=O) groups excluding carboxylic acids is 1. The van der Waals surface area contributed by atoms with Crippen LogP contribution < -0.4 is 5.32 Å². The number of amides is 1. The number of aryl methyl sites for hydroxylation is 2. The Morgan fingerprint density at radius 3 is 2.74 bits per heavy atom. The van der Waals surface area contributed by atoms with Crippen LogP contribution in [0.15, 0.2) is 53.1 Å². The second kappa shape index (κ2) is 6.64. The number of halogens is 1. The van der Waals surface area contributed by atoms with Crippen molar-refractivity contribution in [3.8, 4) is 10.4 Å². The summed E-state index contributed by atoms with van der Waals surface area (Å²) in [5.41, 5.74) is 4.15. The van der Waals surface area contributed by atoms with Crippen molar-refractivity contribution in [1.29, 1.82) is 0 Å². The summed E-state index contributed by atoms with van der Waals surface area (Å²) in [6, 6.07) is 13.7. The van der Waals surface area contributed by atoms with Crippen molar-refractivity contribution >= 4 is 38.3 Å². The lowest BCUT2D eigenvalue weighted by atomic mass is 10.1. The van der Waals surface area contributed by atoms with Gasteiger partial charge in [0.2, 0.25) is 0 Å². The minimum absolute atomic E-state index is 0.167. The number of hydrogen-bond donors (Lipinski definition) is 1. The second-order valence-electron chi connectivity index (χ2n) is 5.28. The minimum atomic E-state index is -0.167. The molecule has 1 aromatic heterocycles. The van der Waals surface area contributed by atoms with Crippen molar-refractivity contribution in [2.24, 2.45) is 0 Å². The molecule has 0 saturated heterocycles. The van der Waals surface area contributed by atoms with E-state index in [1.807, 2.05) is 24.4 Å². The number of benzene rings is 2. The van der Waals surface area contributed by atoms with Crippen molar-refractivity contribution in [3.63, 3.8) is 0 Å². The van der Waals surface area contributed by atoms with Crippen LogP contribution in [-0.2, 0) is 0 Å². The molecule has 1 heterocycles. The van der Waals surface area contributed by atoms with E-state index in [4.69, 9.17) is 0 Å². The Hall–Kier alpha value is -1.98. The summed E-state index contributed by atoms with van der Waals surface area (Å²) in [7, 11) is 0. The largest absolute Gasteiger partial charge is 0.298 e. The standard InChI is InChI=1S/C18H15BrN2OS/c1-11-7-8-12(2)14(9-11)16-10-20-18(23-16)21-17(22)13-5-3-4-6-15(13)19/h3-10H,1-2H3,(H,20,21,22). The van der Waals surface area contributed by atoms with Crippen LogP contribution in [0.5, 0.6) is 0 Å². The first kappa shape index (κ1) is 15.9. The molecule has 1 N–H and O–H groups in total. The SMILES string of the molecule is Cc1ccc(C)c(-c2cnc(NC(=O)c3ccccc3Br)s2)c1. The number of carbonyl (C=O) groups is 1. The molecule has 0 atom stereocenters. The number of aromatic nitrogens is 1. The van der Waals surface area contributed by atoms with Gasteiger partial charge < -0.3 is 0 Å². The number of anilines is 1. The molecule has 3 nitrogen and oxygen atoms in total. The lowest BCUT2D eigenvalue weighted by molar-refractivity contribution is 0.102. The molecule has 0 aliphatic heterocycles. The van der Waals surface area contributed by atoms with Crippen molar-refractivity contribution in [2.75, 3.05) is 5.32 Å². The van der Waals surface area contributed by atoms with Gasteiger partial charge in [0.1, 0.15) is 0 Å². The number of nitrogens with zero attached hydrogens (tertiary/aromatic N) is 1. The average Bonchev–Trinajstić information content (AvgIpc) is 2.98. The van der Waals surface area contributed by atoms with E-state index >= 15 is 0 Å². The highest BCUT2D eigenvalue weighted by Crippen LogP contribution is 2.32. The molecule has 3 aromatic rings. The highest BCUT2D eigenvalue weighted by molar-refractivity contribution is 9.10. The fourth-order valence-electron chi connectivity index (χ4n) is 2.27. The molecular weight excluding hydrogens is 372 g/mol. The highest BCUT2D eigenvalue weighted by atomic mass is 79.9. The Balaban J connectivity index is 1.84. The van der Waals surface area contributed by atoms with Crippen LogP contribution in [0.3, 0.4) is 0 Å². The molecule has 5 heteroatoms. The van der Waals surface area contributed by atoms with Gasteiger partial charge in [0.15, 0.2) is 5.13 Å². The van der Waals surface area contributed by atoms with Crippen molar-refractivity contribution < 1.29 is 4.79 Å². The van der Waals surface area contributed by atoms with E-state index in [1.165, 1.54) is 22.5 Å². The first-order valence-corrected chi connectivity index (χ1v) is 8.75. The Bertz CT molecular complexity index is 873. The fraction of sp³-hybridized carbons (Fsp3) is 0.111. The van der Waals surface area contributed by atoms with Gasteiger partial charge in [-0.1, -0.05) is 47.2 Å². The first-order valence-electron chi connectivity index (χ1n) is 7.14. The van der Waals surface area contributed by atoms with E-state index in [2.05, 4.69) is 58.3 Å². The minimum Gasteiger partial charge on any atom is -0.298 e. The van der Waals surface area contributed by atoms with Crippen LogP contribution in [0.4, 0.5) is 5.13 Å². The molecular formula is C18H15BrN2OS. The number of thiazole rings is 1. The zero-order chi connectivity index (χ0) is 16.4. The predicted octanol–water partition coefficient (Wildman–Crippen LogP) is 5.44. The molecule has 0 aliphatic carbocycles. The Morgan fingerprint density at radius 2 is 1.96 bits per heavy atom. The molecule has 3 rings (SSSR count). The molecule has 1 amide bonds. The van der Waals surface area contributed by atoms with Crippen LogP contribution in [0.25, 0.3) is 10.4 Å². The maximum atomic E-state index is 12.3. The third kappa shape index (κ3) is 3.51. The zero-order valence-corrected chi connectivity index (χ0v) is 15.2. The maximum Gasteiger partial charge on any atom is 0.258 e. The molecule has 0 fully saturated rings. The number of rotatable bonds is 3. The monoisotopic (exact) mass is 386 g/mol. The van der Waals surface area contributed by atoms with Gasteiger partial charge in [-0.15, -0.1) is 0 Å². The Morgan fingerprint density at radius 1 is 1.17 bits per heavy atom. The molecule has 0 saturated carbocycles. The van der Waals surface area contributed by atoms with Gasteiger partial charge in [0, 0.05) is 10.7 Å². The van der Waals surface area contributed by atoms with Crippen LogP contribution in [-0.4, -0.2) is 10.9 Å². The Labute approximate surface area is 147 Å². The lowest BCUT2D eigenvalue weighted by Gasteiger charge is -2.04. The summed E-state index contributed by atoms with van der Waals surface area (Å²) < 4.78 is 0.767. The zero-order valence-electron chi connectivity index (χ0n) is 12.8. The summed E-state index contributed by atoms with van der Waals surface area (Å²) >= 11 is 4.87. The molecule has 23 heavy (non-hydrogen) atoms. The van der Waals surface area contributed by atoms with Gasteiger partial charge in [-0.3, -0.25) is 10.1 Å². The molecule has 0 spiro atoms. The molecule has 2 aromatic carbocycles. The van der Waals surface area contributed by atoms with Crippen molar-refractivity contribution in [1.82, 2.24) is 4.98 Å². The van der Waals surface area contributed by atoms with Crippen molar-refractivity contribution in [2.45, 2.75) is 13.8 Å². The van der Waals surface area contributed by atoms with E-state index < -0.39 is 0 Å². The topological polar surface area (TPSA) is 42.0 Å². The lowest BCUT2D eigenvalue weighted by Crippen LogP contribution is -2.12. The third-order valence-electron chi connectivity index (χ3n) is 3.50. The normalized spacial score (nSPS) is 10.6. The van der Waals surface area contributed by atoms with Gasteiger partial charge in [-0.2, -0.15) is 0 Å². The highest BCUT2D eigenvalue weighted by Gasteiger charge is 2.13. The predicted molar refractivity (Wildman–Crippen MR) is 99.1 cm³/mol. The van der Waals surface area contributed by atoms with Crippen LogP contribution in [0.1, 0.15) is 21.5 Å². The number of hydrogen-bond acceptors (Lipinski definition) is 3. The smallest absolute Gasteiger partial charge is 0.258 e. The van der Waals surface area contributed by atoms with E-state index in [1.54, 1.807) is 6.07 Å². The van der Waals surface area contributed by atoms with Gasteiger partial charge in [0.25, 0.3) is 5.91 Å². The molecule has 0 bridgehead atoms. The summed E-state index contributed by atoms with van der Waals surface area (Å²) in [4.78, 5) is 17.7. The van der Waals surface area contributed by atoms with Gasteiger partial charge >= 0.3 is 0 Å². The van der Waals surface area contributed by atoms with E-state index in [0.717, 1.165) is 14.9 Å². The summed E-state index contributed by atoms with van der Waals surface area (Å²) in [6.07, 6.45) is 1.81. The summed E-state index contributed by atoms with van der Waals surface area (Å²) in [5, 5.41) is 3.46. The quantitative estimate of drug-likeness (QED) is 0.650. The van der Waals surface area contributed by atoms with Gasteiger partial charge in [0.05, 0.1) is 10.4 Å². The van der Waals surface area contributed by atoms with E-state index in [9.17, 15) is 4.79 Å². The van der Waals surface area contributed by atoms with Crippen LogP contribution >= 0.6 is 27.3 Å². The summed E-state index contributed by atoms with van der Waals surface area (Å²) in [5.74, 6) is -0.167. The summed E-state index contributed by atoms with van der Waals surface area (Å²) in [6.45, 7) is 4.15. The average molecular weight is 387 g/mol. The molecule has 116 valence electrons. The van der Waals surface area contributed by atoms with Gasteiger partial charge in [-0.25, -0.2) is 4.98 Å². The second-order valence-corrected chi connectivity index (χ2v) is 7.17.